The number of hydrogen-bond acceptors (Lipinski definition) is 6. The molecule has 0 aromatic rings. The first-order valence-corrected chi connectivity index (χ1v) is 5.93. The second-order valence-corrected chi connectivity index (χ2v) is 4.45. The molecule has 110 valence electrons. The molecule has 1 rings (SSSR count). The summed E-state index contributed by atoms with van der Waals surface area (Å²) in [5.41, 5.74) is 0.351. The lowest BCUT2D eigenvalue weighted by molar-refractivity contribution is -0.293. The molecule has 0 aromatic heterocycles. The molecule has 7 nitrogen and oxygen atoms in total. The van der Waals surface area contributed by atoms with Gasteiger partial charge in [0.15, 0.2) is 6.29 Å². The molecule has 1 heterocycles. The Bertz CT molecular complexity index is 332. The summed E-state index contributed by atoms with van der Waals surface area (Å²) in [5, 5.41) is 22.4. The highest BCUT2D eigenvalue weighted by molar-refractivity contribution is 5.92. The van der Waals surface area contributed by atoms with E-state index in [1.807, 2.05) is 0 Å². The molecule has 1 amide bonds. The summed E-state index contributed by atoms with van der Waals surface area (Å²) < 4.78 is 15.5. The Morgan fingerprint density at radius 3 is 2.42 bits per heavy atom. The van der Waals surface area contributed by atoms with Crippen LogP contribution in [0.4, 0.5) is 0 Å². The zero-order valence-corrected chi connectivity index (χ0v) is 11.3. The Kier molecular flexibility index (Phi) is 5.89. The number of nitrogens with one attached hydrogen (secondary N) is 1. The smallest absolute Gasteiger partial charge is 0.246 e. The van der Waals surface area contributed by atoms with Gasteiger partial charge in [0.1, 0.15) is 24.4 Å². The van der Waals surface area contributed by atoms with Crippen molar-refractivity contribution in [3.05, 3.63) is 12.2 Å². The third-order valence-corrected chi connectivity index (χ3v) is 3.00. The number of hydrogen-bond donors (Lipinski definition) is 3. The molecule has 0 aromatic carbocycles. The SMILES string of the molecule is C=C(C)C(=O)NCC1OC(OC)C(OC)C(O)C1O. The van der Waals surface area contributed by atoms with Gasteiger partial charge >= 0.3 is 0 Å². The molecule has 1 fully saturated rings. The van der Waals surface area contributed by atoms with Crippen molar-refractivity contribution in [3.8, 4) is 0 Å². The molecule has 1 saturated heterocycles. The van der Waals surface area contributed by atoms with Crippen molar-refractivity contribution in [2.45, 2.75) is 37.6 Å². The molecule has 0 saturated carbocycles. The van der Waals surface area contributed by atoms with Gasteiger partial charge < -0.3 is 29.7 Å². The maximum Gasteiger partial charge on any atom is 0.246 e. The van der Waals surface area contributed by atoms with Gasteiger partial charge in [-0.1, -0.05) is 6.58 Å². The monoisotopic (exact) mass is 275 g/mol. The van der Waals surface area contributed by atoms with Crippen molar-refractivity contribution in [2.24, 2.45) is 0 Å². The summed E-state index contributed by atoms with van der Waals surface area (Å²) in [5.74, 6) is -0.340. The predicted octanol–water partition coefficient (Wildman–Crippen LogP) is -1.21. The van der Waals surface area contributed by atoms with Crippen LogP contribution in [0.15, 0.2) is 12.2 Å². The summed E-state index contributed by atoms with van der Waals surface area (Å²) in [6.45, 7) is 5.11. The van der Waals surface area contributed by atoms with Gasteiger partial charge in [0.05, 0.1) is 0 Å². The van der Waals surface area contributed by atoms with E-state index in [9.17, 15) is 15.0 Å². The number of carbonyl (C=O) groups excluding carboxylic acids is 1. The Labute approximate surface area is 112 Å². The Hall–Kier alpha value is -0.990. The van der Waals surface area contributed by atoms with Crippen LogP contribution < -0.4 is 5.32 Å². The summed E-state index contributed by atoms with van der Waals surface area (Å²) in [6, 6.07) is 0. The average Bonchev–Trinajstić information content (AvgIpc) is 2.39. The maximum atomic E-state index is 11.4. The zero-order valence-electron chi connectivity index (χ0n) is 11.3. The predicted molar refractivity (Wildman–Crippen MR) is 66.3 cm³/mol. The van der Waals surface area contributed by atoms with Crippen LogP contribution in [0.25, 0.3) is 0 Å². The minimum atomic E-state index is -1.18. The molecule has 5 atom stereocenters. The molecule has 0 spiro atoms. The van der Waals surface area contributed by atoms with E-state index in [4.69, 9.17) is 14.2 Å². The lowest BCUT2D eigenvalue weighted by Gasteiger charge is -2.41. The van der Waals surface area contributed by atoms with Gasteiger partial charge in [-0.05, 0) is 6.92 Å². The van der Waals surface area contributed by atoms with E-state index in [0.717, 1.165) is 0 Å². The fourth-order valence-electron chi connectivity index (χ4n) is 1.86. The van der Waals surface area contributed by atoms with Gasteiger partial charge in [0.2, 0.25) is 5.91 Å². The largest absolute Gasteiger partial charge is 0.388 e. The van der Waals surface area contributed by atoms with Crippen molar-refractivity contribution >= 4 is 5.91 Å². The molecule has 0 bridgehead atoms. The fourth-order valence-corrected chi connectivity index (χ4v) is 1.86. The first-order valence-electron chi connectivity index (χ1n) is 5.93. The molecule has 1 aliphatic rings. The van der Waals surface area contributed by atoms with Crippen LogP contribution in [0, 0.1) is 0 Å². The third kappa shape index (κ3) is 3.74. The van der Waals surface area contributed by atoms with Crippen molar-refractivity contribution in [1.82, 2.24) is 5.32 Å². The molecule has 0 aliphatic carbocycles. The summed E-state index contributed by atoms with van der Waals surface area (Å²) >= 11 is 0. The fraction of sp³-hybridized carbons (Fsp3) is 0.750. The standard InChI is InChI=1S/C12H21NO6/c1-6(2)11(16)13-5-7-8(14)9(15)10(17-3)12(18-4)19-7/h7-10,12,14-15H,1,5H2,2-4H3,(H,13,16). The molecule has 19 heavy (non-hydrogen) atoms. The Morgan fingerprint density at radius 2 is 1.95 bits per heavy atom. The molecule has 3 N–H and O–H groups in total. The van der Waals surface area contributed by atoms with E-state index in [1.165, 1.54) is 14.2 Å². The molecule has 1 aliphatic heterocycles. The van der Waals surface area contributed by atoms with Gasteiger partial charge in [-0.15, -0.1) is 0 Å². The number of aliphatic hydroxyl groups is 2. The lowest BCUT2D eigenvalue weighted by Crippen LogP contribution is -2.61. The number of carbonyl (C=O) groups is 1. The molecular weight excluding hydrogens is 254 g/mol. The molecular formula is C12H21NO6. The second kappa shape index (κ2) is 6.97. The van der Waals surface area contributed by atoms with Crippen LogP contribution in [0.2, 0.25) is 0 Å². The second-order valence-electron chi connectivity index (χ2n) is 4.45. The first kappa shape index (κ1) is 16.1. The van der Waals surface area contributed by atoms with Gasteiger partial charge in [-0.2, -0.15) is 0 Å². The van der Waals surface area contributed by atoms with Gasteiger partial charge in [-0.25, -0.2) is 0 Å². The van der Waals surface area contributed by atoms with E-state index in [1.54, 1.807) is 6.92 Å². The average molecular weight is 275 g/mol. The molecule has 5 unspecified atom stereocenters. The van der Waals surface area contributed by atoms with E-state index in [0.29, 0.717) is 5.57 Å². The Morgan fingerprint density at radius 1 is 1.32 bits per heavy atom. The van der Waals surface area contributed by atoms with Crippen LogP contribution in [-0.4, -0.2) is 67.6 Å². The highest BCUT2D eigenvalue weighted by Crippen LogP contribution is 2.23. The van der Waals surface area contributed by atoms with Gasteiger partial charge in [-0.3, -0.25) is 4.79 Å². The van der Waals surface area contributed by atoms with Crippen LogP contribution in [0.1, 0.15) is 6.92 Å². The van der Waals surface area contributed by atoms with Crippen LogP contribution in [0.3, 0.4) is 0 Å². The van der Waals surface area contributed by atoms with Gasteiger partial charge in [0.25, 0.3) is 0 Å². The van der Waals surface area contributed by atoms with E-state index < -0.39 is 30.7 Å². The zero-order chi connectivity index (χ0) is 14.6. The summed E-state index contributed by atoms with van der Waals surface area (Å²) in [4.78, 5) is 11.4. The Balaban J connectivity index is 2.64. The van der Waals surface area contributed by atoms with E-state index in [-0.39, 0.29) is 12.5 Å². The minimum Gasteiger partial charge on any atom is -0.388 e. The third-order valence-electron chi connectivity index (χ3n) is 3.00. The summed E-state index contributed by atoms with van der Waals surface area (Å²) in [6.07, 6.45) is -4.71. The summed E-state index contributed by atoms with van der Waals surface area (Å²) in [7, 11) is 2.80. The highest BCUT2D eigenvalue weighted by Gasteiger charge is 2.44. The topological polar surface area (TPSA) is 97.3 Å². The van der Waals surface area contributed by atoms with Crippen LogP contribution >= 0.6 is 0 Å². The minimum absolute atomic E-state index is 0.0419. The van der Waals surface area contributed by atoms with Crippen LogP contribution in [0.5, 0.6) is 0 Å². The number of rotatable bonds is 5. The lowest BCUT2D eigenvalue weighted by atomic mass is 9.98. The molecule has 0 radical (unpaired) electrons. The number of methoxy groups -OCH3 is 2. The molecule has 7 heteroatoms. The van der Waals surface area contributed by atoms with E-state index >= 15 is 0 Å². The van der Waals surface area contributed by atoms with E-state index in [2.05, 4.69) is 11.9 Å². The number of aliphatic hydroxyl groups excluding tert-OH is 2. The quantitative estimate of drug-likeness (QED) is 0.545. The maximum absolute atomic E-state index is 11.4. The number of ether oxygens (including phenoxy) is 3. The van der Waals surface area contributed by atoms with Crippen molar-refractivity contribution < 1.29 is 29.2 Å². The van der Waals surface area contributed by atoms with Crippen molar-refractivity contribution in [2.75, 3.05) is 20.8 Å². The van der Waals surface area contributed by atoms with Crippen molar-refractivity contribution in [3.63, 3.8) is 0 Å². The van der Waals surface area contributed by atoms with Crippen molar-refractivity contribution in [1.29, 1.82) is 0 Å². The highest BCUT2D eigenvalue weighted by atomic mass is 16.7. The van der Waals surface area contributed by atoms with Gasteiger partial charge in [0, 0.05) is 26.3 Å². The number of amides is 1. The van der Waals surface area contributed by atoms with Crippen LogP contribution in [-0.2, 0) is 19.0 Å². The first-order chi connectivity index (χ1) is 8.92. The normalized spacial score (nSPS) is 34.9.